The van der Waals surface area contributed by atoms with Gasteiger partial charge in [-0.1, -0.05) is 19.1 Å². The van der Waals surface area contributed by atoms with Crippen LogP contribution in [0.4, 0.5) is 0 Å². The first-order chi connectivity index (χ1) is 14.0. The molecule has 3 rings (SSSR count). The van der Waals surface area contributed by atoms with Crippen molar-refractivity contribution in [3.05, 3.63) is 57.5 Å². The van der Waals surface area contributed by atoms with Gasteiger partial charge in [0.15, 0.2) is 0 Å². The molecule has 0 bridgehead atoms. The van der Waals surface area contributed by atoms with Crippen molar-refractivity contribution in [1.29, 1.82) is 0 Å². The van der Waals surface area contributed by atoms with Gasteiger partial charge in [0.25, 0.3) is 5.56 Å². The molecule has 0 spiro atoms. The summed E-state index contributed by atoms with van der Waals surface area (Å²) < 4.78 is 12.2. The number of pyridine rings is 1. The topological polar surface area (TPSA) is 63.9 Å². The molecule has 1 aromatic heterocycles. The molecular weight excluding hydrogens is 368 g/mol. The molecule has 1 fully saturated rings. The summed E-state index contributed by atoms with van der Waals surface area (Å²) >= 11 is 0. The van der Waals surface area contributed by atoms with Gasteiger partial charge < -0.3 is 19.1 Å². The van der Waals surface area contributed by atoms with E-state index >= 15 is 0 Å². The Morgan fingerprint density at radius 2 is 1.83 bits per heavy atom. The van der Waals surface area contributed by atoms with Crippen LogP contribution in [-0.4, -0.2) is 48.5 Å². The minimum atomic E-state index is -0.296. The molecule has 1 aliphatic heterocycles. The average Bonchev–Trinajstić information content (AvgIpc) is 2.72. The van der Waals surface area contributed by atoms with Gasteiger partial charge in [-0.25, -0.2) is 0 Å². The van der Waals surface area contributed by atoms with Crippen LogP contribution < -0.4 is 10.3 Å². The summed E-state index contributed by atoms with van der Waals surface area (Å²) in [5, 5.41) is 10.8. The highest BCUT2D eigenvalue weighted by Gasteiger charge is 2.31. The lowest BCUT2D eigenvalue weighted by molar-refractivity contribution is 0.154. The molecule has 1 N–H and O–H groups in total. The minimum Gasteiger partial charge on any atom is -0.507 e. The lowest BCUT2D eigenvalue weighted by atomic mass is 9.92. The fraction of sp³-hybridized carbons (Fsp3) is 0.522. The Labute approximate surface area is 172 Å². The van der Waals surface area contributed by atoms with Crippen molar-refractivity contribution in [3.63, 3.8) is 0 Å². The molecule has 2 heterocycles. The van der Waals surface area contributed by atoms with Crippen molar-refractivity contribution < 1.29 is 14.6 Å². The lowest BCUT2D eigenvalue weighted by Crippen LogP contribution is -2.40. The fourth-order valence-corrected chi connectivity index (χ4v) is 4.12. The van der Waals surface area contributed by atoms with Gasteiger partial charge in [0.2, 0.25) is 0 Å². The Bertz CT molecular complexity index is 868. The van der Waals surface area contributed by atoms with Crippen molar-refractivity contribution >= 4 is 0 Å². The Morgan fingerprint density at radius 1 is 1.17 bits per heavy atom. The fourth-order valence-electron chi connectivity index (χ4n) is 4.12. The number of benzene rings is 1. The van der Waals surface area contributed by atoms with Gasteiger partial charge in [-0.2, -0.15) is 0 Å². The molecule has 6 nitrogen and oxygen atoms in total. The highest BCUT2D eigenvalue weighted by molar-refractivity contribution is 5.42. The lowest BCUT2D eigenvalue weighted by Gasteiger charge is -2.37. The van der Waals surface area contributed by atoms with Crippen molar-refractivity contribution in [2.75, 3.05) is 33.9 Å². The first-order valence-corrected chi connectivity index (χ1v) is 10.3. The van der Waals surface area contributed by atoms with Gasteiger partial charge in [0.05, 0.1) is 25.3 Å². The molecule has 0 saturated carbocycles. The van der Waals surface area contributed by atoms with E-state index < -0.39 is 0 Å². The number of ether oxygens (including phenoxy) is 2. The van der Waals surface area contributed by atoms with Crippen LogP contribution in [0, 0.1) is 12.8 Å². The van der Waals surface area contributed by atoms with Crippen molar-refractivity contribution in [3.8, 4) is 11.5 Å². The van der Waals surface area contributed by atoms with Gasteiger partial charge in [-0.15, -0.1) is 0 Å². The van der Waals surface area contributed by atoms with E-state index in [1.165, 1.54) is 0 Å². The summed E-state index contributed by atoms with van der Waals surface area (Å²) in [5.74, 6) is 1.50. The molecule has 1 aromatic carbocycles. The number of rotatable bonds is 7. The largest absolute Gasteiger partial charge is 0.507 e. The van der Waals surface area contributed by atoms with Gasteiger partial charge in [0.1, 0.15) is 11.5 Å². The number of likely N-dealkylation sites (tertiary alicyclic amines) is 1. The summed E-state index contributed by atoms with van der Waals surface area (Å²) in [6.45, 7) is 6.79. The highest BCUT2D eigenvalue weighted by Crippen LogP contribution is 2.35. The standard InChI is InChI=1S/C23H32N2O4/c1-16-9-11-24(12-10-16)22(18-5-7-19(29-4)8-6-18)21-20(26)15-17(2)25(23(21)27)13-14-28-3/h5-8,15-16,22,26H,9-14H2,1-4H3/t22-/m1/s1. The third kappa shape index (κ3) is 4.65. The molecule has 158 valence electrons. The van der Waals surface area contributed by atoms with E-state index in [2.05, 4.69) is 11.8 Å². The predicted molar refractivity (Wildman–Crippen MR) is 114 cm³/mol. The maximum absolute atomic E-state index is 13.5. The smallest absolute Gasteiger partial charge is 0.259 e. The number of nitrogens with zero attached hydrogens (tertiary/aromatic N) is 2. The van der Waals surface area contributed by atoms with Crippen LogP contribution in [0.25, 0.3) is 0 Å². The molecule has 1 atom stereocenters. The molecule has 0 amide bonds. The quantitative estimate of drug-likeness (QED) is 0.772. The third-order valence-electron chi connectivity index (χ3n) is 5.93. The highest BCUT2D eigenvalue weighted by atomic mass is 16.5. The Balaban J connectivity index is 2.11. The van der Waals surface area contributed by atoms with Crippen LogP contribution in [0.3, 0.4) is 0 Å². The average molecular weight is 401 g/mol. The Morgan fingerprint density at radius 3 is 2.41 bits per heavy atom. The monoisotopic (exact) mass is 400 g/mol. The summed E-state index contributed by atoms with van der Waals surface area (Å²) in [4.78, 5) is 15.8. The third-order valence-corrected chi connectivity index (χ3v) is 5.93. The number of aromatic nitrogens is 1. The predicted octanol–water partition coefficient (Wildman–Crippen LogP) is 3.34. The number of aryl methyl sites for hydroxylation is 1. The SMILES string of the molecule is COCCn1c(C)cc(O)c([C@@H](c2ccc(OC)cc2)N2CCC(C)CC2)c1=O. The van der Waals surface area contributed by atoms with Crippen molar-refractivity contribution in [1.82, 2.24) is 9.47 Å². The zero-order chi connectivity index (χ0) is 21.0. The maximum atomic E-state index is 13.5. The molecule has 29 heavy (non-hydrogen) atoms. The van der Waals surface area contributed by atoms with Crippen LogP contribution in [-0.2, 0) is 11.3 Å². The van der Waals surface area contributed by atoms with Gasteiger partial charge >= 0.3 is 0 Å². The van der Waals surface area contributed by atoms with E-state index in [0.717, 1.165) is 42.9 Å². The zero-order valence-corrected chi connectivity index (χ0v) is 17.9. The zero-order valence-electron chi connectivity index (χ0n) is 17.9. The van der Waals surface area contributed by atoms with Crippen molar-refractivity contribution in [2.24, 2.45) is 5.92 Å². The number of aromatic hydroxyl groups is 1. The first-order valence-electron chi connectivity index (χ1n) is 10.3. The first kappa shape index (κ1) is 21.4. The van der Waals surface area contributed by atoms with Crippen LogP contribution in [0.1, 0.15) is 42.6 Å². The number of hydrogen-bond donors (Lipinski definition) is 1. The summed E-state index contributed by atoms with van der Waals surface area (Å²) in [6, 6.07) is 9.18. The maximum Gasteiger partial charge on any atom is 0.259 e. The molecule has 1 saturated heterocycles. The second kappa shape index (κ2) is 9.46. The number of methoxy groups -OCH3 is 2. The molecule has 0 radical (unpaired) electrons. The molecule has 0 unspecified atom stereocenters. The van der Waals surface area contributed by atoms with Gasteiger partial charge in [-0.3, -0.25) is 9.69 Å². The Hall–Kier alpha value is -2.31. The second-order valence-electron chi connectivity index (χ2n) is 7.93. The Kier molecular flexibility index (Phi) is 6.98. The van der Waals surface area contributed by atoms with Crippen LogP contribution in [0.5, 0.6) is 11.5 Å². The van der Waals surface area contributed by atoms with Crippen LogP contribution in [0.2, 0.25) is 0 Å². The number of piperidine rings is 1. The number of hydrogen-bond acceptors (Lipinski definition) is 5. The van der Waals surface area contributed by atoms with Gasteiger partial charge in [-0.05, 0) is 62.5 Å². The molecule has 1 aliphatic rings. The van der Waals surface area contributed by atoms with Gasteiger partial charge in [0, 0.05) is 19.3 Å². The van der Waals surface area contributed by atoms with E-state index in [1.807, 2.05) is 31.2 Å². The van der Waals surface area contributed by atoms with E-state index in [-0.39, 0.29) is 17.4 Å². The molecule has 6 heteroatoms. The second-order valence-corrected chi connectivity index (χ2v) is 7.93. The van der Waals surface area contributed by atoms with E-state index in [4.69, 9.17) is 9.47 Å². The van der Waals surface area contributed by atoms with Crippen LogP contribution >= 0.6 is 0 Å². The molecule has 2 aromatic rings. The summed E-state index contributed by atoms with van der Waals surface area (Å²) in [5.41, 5.74) is 1.99. The molecular formula is C23H32N2O4. The van der Waals surface area contributed by atoms with E-state index in [9.17, 15) is 9.90 Å². The molecule has 0 aliphatic carbocycles. The van der Waals surface area contributed by atoms with E-state index in [0.29, 0.717) is 24.6 Å². The van der Waals surface area contributed by atoms with Crippen molar-refractivity contribution in [2.45, 2.75) is 39.3 Å². The van der Waals surface area contributed by atoms with E-state index in [1.54, 1.807) is 24.9 Å². The summed E-state index contributed by atoms with van der Waals surface area (Å²) in [7, 11) is 3.26. The minimum absolute atomic E-state index is 0.0561. The van der Waals surface area contributed by atoms with Crippen LogP contribution in [0.15, 0.2) is 35.1 Å². The normalized spacial score (nSPS) is 16.7. The summed E-state index contributed by atoms with van der Waals surface area (Å²) in [6.07, 6.45) is 2.16.